The number of fused-ring (bicyclic) bond motifs is 3. The lowest BCUT2D eigenvalue weighted by molar-refractivity contribution is -0.141. The van der Waals surface area contributed by atoms with Gasteiger partial charge in [0.1, 0.15) is 11.2 Å². The van der Waals surface area contributed by atoms with Gasteiger partial charge in [-0.2, -0.15) is 0 Å². The van der Waals surface area contributed by atoms with Gasteiger partial charge in [-0.3, -0.25) is 4.79 Å². The van der Waals surface area contributed by atoms with E-state index < -0.39 is 11.5 Å². The maximum Gasteiger partial charge on any atom is 0.330 e. The number of aromatic nitrogens is 3. The zero-order valence-corrected chi connectivity index (χ0v) is 19.3. The molecule has 0 atom stereocenters. The molecular formula is C24H23BrN4O3. The summed E-state index contributed by atoms with van der Waals surface area (Å²) in [6.07, 6.45) is 5.76. The Kier molecular flexibility index (Phi) is 5.35. The van der Waals surface area contributed by atoms with Crippen molar-refractivity contribution in [2.24, 2.45) is 5.73 Å². The first-order valence-electron chi connectivity index (χ1n) is 10.7. The fourth-order valence-corrected chi connectivity index (χ4v) is 4.88. The number of nitrogens with two attached hydrogens (primary N) is 1. The van der Waals surface area contributed by atoms with Gasteiger partial charge in [-0.1, -0.05) is 15.9 Å². The second kappa shape index (κ2) is 8.18. The Morgan fingerprint density at radius 2 is 1.97 bits per heavy atom. The molecule has 0 spiro atoms. The predicted molar refractivity (Wildman–Crippen MR) is 128 cm³/mol. The topological polar surface area (TPSA) is 92.1 Å². The largest absolute Gasteiger partial charge is 0.347 e. The number of carbonyl (C=O) groups is 1. The van der Waals surface area contributed by atoms with E-state index in [0.717, 1.165) is 52.3 Å². The van der Waals surface area contributed by atoms with E-state index >= 15 is 0 Å². The van der Waals surface area contributed by atoms with E-state index in [4.69, 9.17) is 15.6 Å². The van der Waals surface area contributed by atoms with Crippen molar-refractivity contribution in [3.63, 3.8) is 0 Å². The molecule has 1 aliphatic rings. The first-order chi connectivity index (χ1) is 15.5. The number of halogens is 1. The smallest absolute Gasteiger partial charge is 0.330 e. The third-order valence-electron chi connectivity index (χ3n) is 5.95. The quantitative estimate of drug-likeness (QED) is 0.457. The van der Waals surface area contributed by atoms with Crippen LogP contribution >= 0.6 is 15.9 Å². The molecule has 2 aromatic heterocycles. The average molecular weight is 495 g/mol. The molecule has 1 aliphatic carbocycles. The molecule has 0 unspecified atom stereocenters. The average Bonchev–Trinajstić information content (AvgIpc) is 3.36. The zero-order chi connectivity index (χ0) is 22.4. The predicted octanol–water partition coefficient (Wildman–Crippen LogP) is 3.59. The molecule has 4 aromatic rings. The highest BCUT2D eigenvalue weighted by atomic mass is 79.9. The van der Waals surface area contributed by atoms with Crippen LogP contribution in [-0.2, 0) is 24.2 Å². The summed E-state index contributed by atoms with van der Waals surface area (Å²) in [7, 11) is 0. The summed E-state index contributed by atoms with van der Waals surface area (Å²) in [6, 6.07) is 9.91. The molecule has 5 rings (SSSR count). The van der Waals surface area contributed by atoms with Crippen molar-refractivity contribution in [1.29, 1.82) is 0 Å². The van der Waals surface area contributed by atoms with Crippen molar-refractivity contribution >= 4 is 43.8 Å². The number of hydrogen-bond donors (Lipinski definition) is 1. The third kappa shape index (κ3) is 3.53. The maximum absolute atomic E-state index is 13.6. The van der Waals surface area contributed by atoms with Crippen LogP contribution in [0, 0.1) is 0 Å². The highest BCUT2D eigenvalue weighted by Gasteiger charge is 2.22. The lowest BCUT2D eigenvalue weighted by Crippen LogP contribution is -2.31. The van der Waals surface area contributed by atoms with Crippen LogP contribution < -0.4 is 16.1 Å². The van der Waals surface area contributed by atoms with E-state index in [9.17, 15) is 9.59 Å². The van der Waals surface area contributed by atoms with Crippen LogP contribution in [0.15, 0.2) is 45.8 Å². The van der Waals surface area contributed by atoms with E-state index in [0.29, 0.717) is 23.1 Å². The van der Waals surface area contributed by atoms with E-state index in [2.05, 4.69) is 20.5 Å². The minimum absolute atomic E-state index is 0.256. The summed E-state index contributed by atoms with van der Waals surface area (Å²) in [5.41, 5.74) is 10.8. The van der Waals surface area contributed by atoms with Crippen molar-refractivity contribution in [3.05, 3.63) is 62.5 Å². The molecule has 0 aliphatic heterocycles. The lowest BCUT2D eigenvalue weighted by atomic mass is 10.1. The standard InChI is InChI=1S/C24H23BrN4O3/c1-14(30)32-29-22-11-16-5-2-4-15(16)10-20(22)27-23(24(29)31)19-13-28(9-3-8-26)21-7-6-17(25)12-18(19)21/h6-7,10-13H,2-5,8-9,26H2,1H3. The molecule has 0 radical (unpaired) electrons. The fraction of sp³-hybridized carbons (Fsp3) is 0.292. The molecule has 164 valence electrons. The van der Waals surface area contributed by atoms with E-state index in [1.165, 1.54) is 18.1 Å². The van der Waals surface area contributed by atoms with Crippen molar-refractivity contribution in [2.45, 2.75) is 39.2 Å². The number of nitrogens with zero attached hydrogens (tertiary/aromatic N) is 3. The van der Waals surface area contributed by atoms with Gasteiger partial charge in [-0.05, 0) is 73.7 Å². The number of aryl methyl sites for hydroxylation is 3. The summed E-state index contributed by atoms with van der Waals surface area (Å²) >= 11 is 3.54. The Morgan fingerprint density at radius 3 is 2.72 bits per heavy atom. The second-order valence-corrected chi connectivity index (χ2v) is 9.06. The molecule has 8 heteroatoms. The number of rotatable bonds is 5. The van der Waals surface area contributed by atoms with Crippen LogP contribution in [0.1, 0.15) is 30.9 Å². The van der Waals surface area contributed by atoms with Crippen LogP contribution in [0.4, 0.5) is 0 Å². The monoisotopic (exact) mass is 494 g/mol. The molecule has 0 fully saturated rings. The van der Waals surface area contributed by atoms with Gasteiger partial charge in [0.2, 0.25) is 0 Å². The summed E-state index contributed by atoms with van der Waals surface area (Å²) in [6.45, 7) is 2.60. The summed E-state index contributed by atoms with van der Waals surface area (Å²) in [5.74, 6) is -0.556. The molecular weight excluding hydrogens is 472 g/mol. The lowest BCUT2D eigenvalue weighted by Gasteiger charge is -2.12. The number of carbonyl (C=O) groups excluding carboxylic acids is 1. The van der Waals surface area contributed by atoms with E-state index in [1.54, 1.807) is 0 Å². The first kappa shape index (κ1) is 20.9. The van der Waals surface area contributed by atoms with Crippen molar-refractivity contribution in [3.8, 4) is 11.3 Å². The highest BCUT2D eigenvalue weighted by Crippen LogP contribution is 2.32. The summed E-state index contributed by atoms with van der Waals surface area (Å²) < 4.78 is 4.09. The van der Waals surface area contributed by atoms with Crippen molar-refractivity contribution in [2.75, 3.05) is 6.54 Å². The zero-order valence-electron chi connectivity index (χ0n) is 17.7. The van der Waals surface area contributed by atoms with Crippen LogP contribution in [0.25, 0.3) is 33.2 Å². The van der Waals surface area contributed by atoms with Crippen LogP contribution in [0.3, 0.4) is 0 Å². The van der Waals surface area contributed by atoms with Gasteiger partial charge in [0.05, 0.1) is 5.52 Å². The second-order valence-electron chi connectivity index (χ2n) is 8.15. The molecule has 32 heavy (non-hydrogen) atoms. The molecule has 2 aromatic carbocycles. The third-order valence-corrected chi connectivity index (χ3v) is 6.44. The first-order valence-corrected chi connectivity index (χ1v) is 11.5. The van der Waals surface area contributed by atoms with Crippen molar-refractivity contribution in [1.82, 2.24) is 14.3 Å². The fourth-order valence-electron chi connectivity index (χ4n) is 4.52. The molecule has 0 bridgehead atoms. The molecule has 2 N–H and O–H groups in total. The van der Waals surface area contributed by atoms with Gasteiger partial charge in [-0.15, -0.1) is 4.73 Å². The Morgan fingerprint density at radius 1 is 1.19 bits per heavy atom. The molecule has 0 saturated heterocycles. The Hall–Kier alpha value is -2.97. The van der Waals surface area contributed by atoms with Crippen LogP contribution in [0.2, 0.25) is 0 Å². The van der Waals surface area contributed by atoms with E-state index in [-0.39, 0.29) is 5.69 Å². The van der Waals surface area contributed by atoms with Gasteiger partial charge < -0.3 is 15.1 Å². The molecule has 7 nitrogen and oxygen atoms in total. The Bertz CT molecular complexity index is 1440. The normalized spacial score (nSPS) is 13.1. The van der Waals surface area contributed by atoms with Gasteiger partial charge in [-0.25, -0.2) is 9.78 Å². The summed E-state index contributed by atoms with van der Waals surface area (Å²) in [5, 5.41) is 0.899. The van der Waals surface area contributed by atoms with Gasteiger partial charge in [0.25, 0.3) is 0 Å². The minimum Gasteiger partial charge on any atom is -0.347 e. The van der Waals surface area contributed by atoms with Gasteiger partial charge >= 0.3 is 11.5 Å². The van der Waals surface area contributed by atoms with Crippen molar-refractivity contribution < 1.29 is 9.63 Å². The minimum atomic E-state index is -0.556. The SMILES string of the molecule is CC(=O)On1c(=O)c(-c2cn(CCCN)c3ccc(Br)cc23)nc2cc3c(cc21)CCC3. The number of hydrogen-bond acceptors (Lipinski definition) is 5. The Balaban J connectivity index is 1.81. The van der Waals surface area contributed by atoms with E-state index in [1.807, 2.05) is 36.5 Å². The van der Waals surface area contributed by atoms with Gasteiger partial charge in [0, 0.05) is 40.6 Å². The number of benzene rings is 2. The maximum atomic E-state index is 13.6. The van der Waals surface area contributed by atoms with Gasteiger partial charge in [0.15, 0.2) is 0 Å². The highest BCUT2D eigenvalue weighted by molar-refractivity contribution is 9.10. The molecule has 2 heterocycles. The molecule has 0 saturated carbocycles. The van der Waals surface area contributed by atoms with Crippen LogP contribution in [0.5, 0.6) is 0 Å². The van der Waals surface area contributed by atoms with Crippen LogP contribution in [-0.4, -0.2) is 26.8 Å². The molecule has 0 amide bonds. The Labute approximate surface area is 192 Å². The summed E-state index contributed by atoms with van der Waals surface area (Å²) in [4.78, 5) is 35.6.